The molecule has 5 heteroatoms. The van der Waals surface area contributed by atoms with E-state index in [9.17, 15) is 4.79 Å². The van der Waals surface area contributed by atoms with E-state index >= 15 is 0 Å². The van der Waals surface area contributed by atoms with Crippen LogP contribution in [0.3, 0.4) is 0 Å². The number of nitrogens with zero attached hydrogens (tertiary/aromatic N) is 1. The maximum atomic E-state index is 11.4. The maximum absolute atomic E-state index is 11.4. The number of benzene rings is 1. The van der Waals surface area contributed by atoms with Crippen molar-refractivity contribution >= 4 is 32.9 Å². The molecule has 1 N–H and O–H groups in total. The van der Waals surface area contributed by atoms with Crippen molar-refractivity contribution in [3.63, 3.8) is 0 Å². The number of aromatic nitrogens is 2. The number of hydrogen-bond donors (Lipinski definition) is 1. The van der Waals surface area contributed by atoms with Crippen molar-refractivity contribution in [1.82, 2.24) is 9.97 Å². The largest absolute Gasteiger partial charge is 0.460 e. The van der Waals surface area contributed by atoms with Crippen molar-refractivity contribution in [3.8, 4) is 0 Å². The average Bonchev–Trinajstić information content (AvgIpc) is 2.60. The van der Waals surface area contributed by atoms with E-state index < -0.39 is 5.97 Å². The first kappa shape index (κ1) is 10.2. The molecule has 15 heavy (non-hydrogen) atoms. The number of carbonyl (C=O) groups is 1. The third-order valence-electron chi connectivity index (χ3n) is 1.91. The lowest BCUT2D eigenvalue weighted by Crippen LogP contribution is -2.06. The number of nitrogens with one attached hydrogen (secondary N) is 1. The number of aromatic amines is 1. The van der Waals surface area contributed by atoms with Gasteiger partial charge in [0, 0.05) is 4.47 Å². The van der Waals surface area contributed by atoms with Gasteiger partial charge in [0.2, 0.25) is 5.82 Å². The molecule has 0 spiro atoms. The molecule has 0 aliphatic heterocycles. The molecule has 0 aliphatic rings. The highest BCUT2D eigenvalue weighted by Crippen LogP contribution is 2.17. The summed E-state index contributed by atoms with van der Waals surface area (Å²) in [5, 5.41) is 0. The predicted octanol–water partition coefficient (Wildman–Crippen LogP) is 2.50. The summed E-state index contributed by atoms with van der Waals surface area (Å²) in [5.74, 6) is -0.185. The molecule has 0 bridgehead atoms. The Labute approximate surface area is 94.8 Å². The van der Waals surface area contributed by atoms with E-state index in [2.05, 4.69) is 25.9 Å². The molecule has 2 aromatic rings. The summed E-state index contributed by atoms with van der Waals surface area (Å²) < 4.78 is 5.77. The maximum Gasteiger partial charge on any atom is 0.374 e. The van der Waals surface area contributed by atoms with Crippen LogP contribution in [-0.2, 0) is 4.74 Å². The Morgan fingerprint density at radius 3 is 3.13 bits per heavy atom. The molecule has 0 fully saturated rings. The third kappa shape index (κ3) is 2.02. The molecule has 4 nitrogen and oxygen atoms in total. The number of hydrogen-bond acceptors (Lipinski definition) is 3. The summed E-state index contributed by atoms with van der Waals surface area (Å²) in [5.41, 5.74) is 1.56. The molecular formula is C10H9BrN2O2. The molecule has 0 unspecified atom stereocenters. The van der Waals surface area contributed by atoms with Gasteiger partial charge in [0.15, 0.2) is 0 Å². The fraction of sp³-hybridized carbons (Fsp3) is 0.200. The summed E-state index contributed by atoms with van der Waals surface area (Å²) >= 11 is 3.34. The molecule has 78 valence electrons. The van der Waals surface area contributed by atoms with Gasteiger partial charge in [-0.3, -0.25) is 0 Å². The normalized spacial score (nSPS) is 10.5. The number of ether oxygens (including phenoxy) is 1. The van der Waals surface area contributed by atoms with E-state index in [1.807, 2.05) is 18.2 Å². The lowest BCUT2D eigenvalue weighted by molar-refractivity contribution is 0.0514. The molecule has 0 saturated carbocycles. The van der Waals surface area contributed by atoms with E-state index in [4.69, 9.17) is 4.74 Å². The second kappa shape index (κ2) is 4.02. The Balaban J connectivity index is 2.42. The fourth-order valence-electron chi connectivity index (χ4n) is 1.28. The number of fused-ring (bicyclic) bond motifs is 1. The van der Waals surface area contributed by atoms with E-state index in [0.29, 0.717) is 6.61 Å². The van der Waals surface area contributed by atoms with Crippen LogP contribution in [0, 0.1) is 0 Å². The van der Waals surface area contributed by atoms with Crippen LogP contribution in [0.25, 0.3) is 11.0 Å². The molecule has 0 aliphatic carbocycles. The zero-order valence-electron chi connectivity index (χ0n) is 8.08. The fourth-order valence-corrected chi connectivity index (χ4v) is 1.62. The number of halogens is 1. The van der Waals surface area contributed by atoms with E-state index in [0.717, 1.165) is 15.5 Å². The number of carbonyl (C=O) groups excluding carboxylic acids is 1. The summed E-state index contributed by atoms with van der Waals surface area (Å²) in [4.78, 5) is 18.4. The van der Waals surface area contributed by atoms with Gasteiger partial charge in [0.25, 0.3) is 0 Å². The summed E-state index contributed by atoms with van der Waals surface area (Å²) in [6.07, 6.45) is 0. The monoisotopic (exact) mass is 268 g/mol. The Hall–Kier alpha value is -1.36. The topological polar surface area (TPSA) is 55.0 Å². The summed E-state index contributed by atoms with van der Waals surface area (Å²) in [7, 11) is 0. The van der Waals surface area contributed by atoms with Gasteiger partial charge in [-0.2, -0.15) is 0 Å². The SMILES string of the molecule is CCOC(=O)c1nc2cc(Br)ccc2[nH]1. The first-order valence-corrected chi connectivity index (χ1v) is 5.32. The smallest absolute Gasteiger partial charge is 0.374 e. The molecule has 1 heterocycles. The van der Waals surface area contributed by atoms with Crippen LogP contribution in [0.4, 0.5) is 0 Å². The molecule has 0 atom stereocenters. The van der Waals surface area contributed by atoms with Crippen molar-refractivity contribution in [2.45, 2.75) is 6.92 Å². The van der Waals surface area contributed by atoms with E-state index in [1.54, 1.807) is 6.92 Å². The highest BCUT2D eigenvalue weighted by molar-refractivity contribution is 9.10. The van der Waals surface area contributed by atoms with E-state index in [-0.39, 0.29) is 5.82 Å². The first-order chi connectivity index (χ1) is 7.20. The molecule has 0 amide bonds. The van der Waals surface area contributed by atoms with Gasteiger partial charge < -0.3 is 9.72 Å². The lowest BCUT2D eigenvalue weighted by atomic mass is 10.3. The number of H-pyrrole nitrogens is 1. The Bertz CT molecular complexity index is 507. The summed E-state index contributed by atoms with van der Waals surface area (Å²) in [6, 6.07) is 5.58. The zero-order chi connectivity index (χ0) is 10.8. The molecule has 2 rings (SSSR count). The first-order valence-electron chi connectivity index (χ1n) is 4.53. The van der Waals surface area contributed by atoms with Crippen molar-refractivity contribution in [3.05, 3.63) is 28.5 Å². The minimum atomic E-state index is -0.426. The average molecular weight is 269 g/mol. The second-order valence-electron chi connectivity index (χ2n) is 2.97. The lowest BCUT2D eigenvalue weighted by Gasteiger charge is -1.95. The van der Waals surface area contributed by atoms with Crippen LogP contribution in [0.15, 0.2) is 22.7 Å². The highest BCUT2D eigenvalue weighted by Gasteiger charge is 2.11. The zero-order valence-corrected chi connectivity index (χ0v) is 9.67. The number of imidazole rings is 1. The molecule has 0 saturated heterocycles. The number of rotatable bonds is 2. The highest BCUT2D eigenvalue weighted by atomic mass is 79.9. The van der Waals surface area contributed by atoms with Gasteiger partial charge in [-0.05, 0) is 25.1 Å². The van der Waals surface area contributed by atoms with Crippen LogP contribution >= 0.6 is 15.9 Å². The summed E-state index contributed by atoms with van der Waals surface area (Å²) in [6.45, 7) is 2.11. The minimum Gasteiger partial charge on any atom is -0.460 e. The van der Waals surface area contributed by atoms with Gasteiger partial charge in [-0.25, -0.2) is 9.78 Å². The molecule has 1 aromatic heterocycles. The van der Waals surface area contributed by atoms with Crippen LogP contribution in [-0.4, -0.2) is 22.5 Å². The molecular weight excluding hydrogens is 260 g/mol. The van der Waals surface area contributed by atoms with Crippen LogP contribution in [0.2, 0.25) is 0 Å². The van der Waals surface area contributed by atoms with Gasteiger partial charge >= 0.3 is 5.97 Å². The third-order valence-corrected chi connectivity index (χ3v) is 2.41. The van der Waals surface area contributed by atoms with Crippen molar-refractivity contribution < 1.29 is 9.53 Å². The van der Waals surface area contributed by atoms with Gasteiger partial charge in [-0.15, -0.1) is 0 Å². The van der Waals surface area contributed by atoms with Gasteiger partial charge in [-0.1, -0.05) is 15.9 Å². The van der Waals surface area contributed by atoms with Crippen molar-refractivity contribution in [2.75, 3.05) is 6.61 Å². The minimum absolute atomic E-state index is 0.241. The standard InChI is InChI=1S/C10H9BrN2O2/c1-2-15-10(14)9-12-7-4-3-6(11)5-8(7)13-9/h3-5H,2H2,1H3,(H,12,13). The van der Waals surface area contributed by atoms with E-state index in [1.165, 1.54) is 0 Å². The van der Waals surface area contributed by atoms with Crippen LogP contribution in [0.5, 0.6) is 0 Å². The second-order valence-corrected chi connectivity index (χ2v) is 3.88. The van der Waals surface area contributed by atoms with Crippen LogP contribution in [0.1, 0.15) is 17.5 Å². The molecule has 0 radical (unpaired) electrons. The van der Waals surface area contributed by atoms with Gasteiger partial charge in [0.1, 0.15) is 0 Å². The Kier molecular flexibility index (Phi) is 2.73. The Morgan fingerprint density at radius 2 is 2.40 bits per heavy atom. The van der Waals surface area contributed by atoms with Crippen LogP contribution < -0.4 is 0 Å². The van der Waals surface area contributed by atoms with Gasteiger partial charge in [0.05, 0.1) is 17.6 Å². The number of esters is 1. The quantitative estimate of drug-likeness (QED) is 0.852. The van der Waals surface area contributed by atoms with Crippen molar-refractivity contribution in [1.29, 1.82) is 0 Å². The predicted molar refractivity (Wildman–Crippen MR) is 59.8 cm³/mol. The Morgan fingerprint density at radius 1 is 1.60 bits per heavy atom. The van der Waals surface area contributed by atoms with Crippen molar-refractivity contribution in [2.24, 2.45) is 0 Å². The molecule has 1 aromatic carbocycles.